The molecule has 0 spiro atoms. The summed E-state index contributed by atoms with van der Waals surface area (Å²) in [5.41, 5.74) is 4.56. The minimum absolute atomic E-state index is 0.670. The molecule has 0 atom stereocenters. The van der Waals surface area contributed by atoms with Crippen LogP contribution in [-0.2, 0) is 5.75 Å². The predicted octanol–water partition coefficient (Wildman–Crippen LogP) is 3.87. The van der Waals surface area contributed by atoms with E-state index >= 15 is 0 Å². The van der Waals surface area contributed by atoms with Crippen LogP contribution in [0.2, 0.25) is 0 Å². The number of hydrogen-bond acceptors (Lipinski definition) is 4. The molecule has 2 nitrogen and oxygen atoms in total. The number of aryl methyl sites for hydroxylation is 2. The van der Waals surface area contributed by atoms with Crippen molar-refractivity contribution in [1.82, 2.24) is 4.98 Å². The largest absolute Gasteiger partial charge is 0.496 e. The molecular formula is C13H15NOS2. The van der Waals surface area contributed by atoms with Gasteiger partial charge in [0.1, 0.15) is 10.8 Å². The van der Waals surface area contributed by atoms with E-state index in [0.717, 1.165) is 22.0 Å². The summed E-state index contributed by atoms with van der Waals surface area (Å²) < 4.78 is 5.43. The van der Waals surface area contributed by atoms with Gasteiger partial charge in [-0.25, -0.2) is 4.98 Å². The van der Waals surface area contributed by atoms with Crippen LogP contribution < -0.4 is 4.74 Å². The molecule has 0 saturated heterocycles. The maximum Gasteiger partial charge on any atom is 0.129 e. The Morgan fingerprint density at radius 1 is 1.29 bits per heavy atom. The van der Waals surface area contributed by atoms with Gasteiger partial charge in [-0.05, 0) is 37.1 Å². The van der Waals surface area contributed by atoms with Gasteiger partial charge in [0.25, 0.3) is 0 Å². The molecule has 90 valence electrons. The zero-order chi connectivity index (χ0) is 12.4. The van der Waals surface area contributed by atoms with Crippen LogP contribution in [0.25, 0.3) is 10.6 Å². The SMILES string of the molecule is COc1cc(C)c(C)cc1-c1nc(CS)cs1. The fourth-order valence-electron chi connectivity index (χ4n) is 1.63. The maximum absolute atomic E-state index is 5.43. The van der Waals surface area contributed by atoms with E-state index in [0.29, 0.717) is 5.75 Å². The van der Waals surface area contributed by atoms with Crippen LogP contribution in [0.5, 0.6) is 5.75 Å². The highest BCUT2D eigenvalue weighted by Gasteiger charge is 2.11. The molecule has 0 aliphatic rings. The Balaban J connectivity index is 2.53. The Bertz CT molecular complexity index is 534. The molecule has 17 heavy (non-hydrogen) atoms. The van der Waals surface area contributed by atoms with Gasteiger partial charge in [-0.2, -0.15) is 12.6 Å². The van der Waals surface area contributed by atoms with Gasteiger partial charge in [0.2, 0.25) is 0 Å². The van der Waals surface area contributed by atoms with Crippen LogP contribution in [0, 0.1) is 13.8 Å². The summed E-state index contributed by atoms with van der Waals surface area (Å²) >= 11 is 5.87. The molecule has 1 aromatic heterocycles. The van der Waals surface area contributed by atoms with E-state index in [2.05, 4.69) is 43.6 Å². The van der Waals surface area contributed by atoms with E-state index in [1.807, 2.05) is 5.38 Å². The van der Waals surface area contributed by atoms with Crippen molar-refractivity contribution in [2.24, 2.45) is 0 Å². The van der Waals surface area contributed by atoms with E-state index in [-0.39, 0.29) is 0 Å². The number of nitrogens with zero attached hydrogens (tertiary/aromatic N) is 1. The second-order valence-electron chi connectivity index (χ2n) is 3.94. The number of methoxy groups -OCH3 is 1. The first-order valence-corrected chi connectivity index (χ1v) is 6.87. The summed E-state index contributed by atoms with van der Waals surface area (Å²) in [6, 6.07) is 4.20. The molecule has 1 aromatic carbocycles. The normalized spacial score (nSPS) is 10.6. The molecule has 0 fully saturated rings. The summed E-state index contributed by atoms with van der Waals surface area (Å²) in [4.78, 5) is 4.54. The summed E-state index contributed by atoms with van der Waals surface area (Å²) in [7, 11) is 1.70. The molecule has 0 bridgehead atoms. The standard InChI is InChI=1S/C13H15NOS2/c1-8-4-11(12(15-3)5-9(8)2)13-14-10(6-16)7-17-13/h4-5,7,16H,6H2,1-3H3. The molecule has 2 rings (SSSR count). The Morgan fingerprint density at radius 3 is 2.59 bits per heavy atom. The lowest BCUT2D eigenvalue weighted by Crippen LogP contribution is -1.91. The third kappa shape index (κ3) is 2.48. The molecule has 4 heteroatoms. The fraction of sp³-hybridized carbons (Fsp3) is 0.308. The number of ether oxygens (including phenoxy) is 1. The van der Waals surface area contributed by atoms with Crippen LogP contribution in [0.3, 0.4) is 0 Å². The molecule has 0 amide bonds. The summed E-state index contributed by atoms with van der Waals surface area (Å²) in [5, 5.41) is 3.03. The fourth-order valence-corrected chi connectivity index (χ4v) is 2.75. The zero-order valence-electron chi connectivity index (χ0n) is 10.2. The van der Waals surface area contributed by atoms with E-state index < -0.39 is 0 Å². The van der Waals surface area contributed by atoms with Gasteiger partial charge in [-0.1, -0.05) is 0 Å². The molecule has 0 radical (unpaired) electrons. The lowest BCUT2D eigenvalue weighted by molar-refractivity contribution is 0.416. The monoisotopic (exact) mass is 265 g/mol. The minimum atomic E-state index is 0.670. The van der Waals surface area contributed by atoms with Crippen LogP contribution in [-0.4, -0.2) is 12.1 Å². The van der Waals surface area contributed by atoms with Crippen molar-refractivity contribution >= 4 is 24.0 Å². The first kappa shape index (κ1) is 12.5. The number of thiazole rings is 1. The average Bonchev–Trinajstić information content (AvgIpc) is 2.80. The first-order valence-electron chi connectivity index (χ1n) is 5.36. The van der Waals surface area contributed by atoms with Crippen LogP contribution in [0.15, 0.2) is 17.5 Å². The van der Waals surface area contributed by atoms with Crippen molar-refractivity contribution in [2.75, 3.05) is 7.11 Å². The van der Waals surface area contributed by atoms with Gasteiger partial charge in [0.05, 0.1) is 18.4 Å². The van der Waals surface area contributed by atoms with Gasteiger partial charge in [-0.3, -0.25) is 0 Å². The molecule has 2 aromatic rings. The molecule has 0 N–H and O–H groups in total. The van der Waals surface area contributed by atoms with Crippen molar-refractivity contribution in [2.45, 2.75) is 19.6 Å². The lowest BCUT2D eigenvalue weighted by atomic mass is 10.1. The smallest absolute Gasteiger partial charge is 0.129 e. The number of aromatic nitrogens is 1. The molecular weight excluding hydrogens is 250 g/mol. The van der Waals surface area contributed by atoms with Crippen LogP contribution in [0.4, 0.5) is 0 Å². The topological polar surface area (TPSA) is 22.1 Å². The Kier molecular flexibility index (Phi) is 3.74. The maximum atomic E-state index is 5.43. The minimum Gasteiger partial charge on any atom is -0.496 e. The second kappa shape index (κ2) is 5.10. The van der Waals surface area contributed by atoms with Crippen LogP contribution in [0.1, 0.15) is 16.8 Å². The quantitative estimate of drug-likeness (QED) is 0.851. The summed E-state index contributed by atoms with van der Waals surface area (Å²) in [5.74, 6) is 1.55. The van der Waals surface area contributed by atoms with Crippen molar-refractivity contribution in [1.29, 1.82) is 0 Å². The molecule has 0 saturated carbocycles. The predicted molar refractivity (Wildman–Crippen MR) is 76.3 cm³/mol. The highest BCUT2D eigenvalue weighted by atomic mass is 32.1. The second-order valence-corrected chi connectivity index (χ2v) is 5.11. The Morgan fingerprint density at radius 2 is 2.00 bits per heavy atom. The zero-order valence-corrected chi connectivity index (χ0v) is 11.9. The average molecular weight is 265 g/mol. The third-order valence-electron chi connectivity index (χ3n) is 2.76. The van der Waals surface area contributed by atoms with E-state index in [1.54, 1.807) is 18.4 Å². The first-order chi connectivity index (χ1) is 8.15. The number of benzene rings is 1. The Labute approximate surface area is 111 Å². The molecule has 0 unspecified atom stereocenters. The van der Waals surface area contributed by atoms with Crippen molar-refractivity contribution in [3.05, 3.63) is 34.3 Å². The third-order valence-corrected chi connectivity index (χ3v) is 4.01. The van der Waals surface area contributed by atoms with Crippen molar-refractivity contribution < 1.29 is 4.74 Å². The van der Waals surface area contributed by atoms with Gasteiger partial charge in [0, 0.05) is 11.1 Å². The Hall–Kier alpha value is -1.000. The van der Waals surface area contributed by atoms with Gasteiger partial charge < -0.3 is 4.74 Å². The lowest BCUT2D eigenvalue weighted by Gasteiger charge is -2.09. The van der Waals surface area contributed by atoms with Gasteiger partial charge in [0.15, 0.2) is 0 Å². The van der Waals surface area contributed by atoms with Crippen molar-refractivity contribution in [3.8, 4) is 16.3 Å². The molecule has 0 aliphatic heterocycles. The molecule has 0 aliphatic carbocycles. The highest BCUT2D eigenvalue weighted by Crippen LogP contribution is 2.34. The summed E-state index contributed by atoms with van der Waals surface area (Å²) in [6.07, 6.45) is 0. The number of thiol groups is 1. The van der Waals surface area contributed by atoms with E-state index in [1.165, 1.54) is 11.1 Å². The van der Waals surface area contributed by atoms with Crippen LogP contribution >= 0.6 is 24.0 Å². The van der Waals surface area contributed by atoms with Gasteiger partial charge >= 0.3 is 0 Å². The number of hydrogen-bond donors (Lipinski definition) is 1. The van der Waals surface area contributed by atoms with Gasteiger partial charge in [-0.15, -0.1) is 11.3 Å². The molecule has 1 heterocycles. The van der Waals surface area contributed by atoms with E-state index in [9.17, 15) is 0 Å². The number of rotatable bonds is 3. The highest BCUT2D eigenvalue weighted by molar-refractivity contribution is 7.79. The van der Waals surface area contributed by atoms with Crippen molar-refractivity contribution in [3.63, 3.8) is 0 Å². The summed E-state index contributed by atoms with van der Waals surface area (Å²) in [6.45, 7) is 4.19. The van der Waals surface area contributed by atoms with E-state index in [4.69, 9.17) is 4.74 Å².